The highest BCUT2D eigenvalue weighted by Gasteiger charge is 2.44. The SMILES string of the molecule is Cl.O=[N+]([O-])c1cccc(Cl)c1S(=O)(=O)N1C[C@H]2CNC[C@H]2C1. The molecule has 1 N–H and O–H groups in total. The van der Waals surface area contributed by atoms with E-state index < -0.39 is 25.5 Å². The van der Waals surface area contributed by atoms with E-state index in [1.807, 2.05) is 0 Å². The number of sulfonamides is 1. The average Bonchev–Trinajstić information content (AvgIpc) is 2.98. The minimum absolute atomic E-state index is 0. The van der Waals surface area contributed by atoms with Gasteiger partial charge < -0.3 is 5.32 Å². The number of benzene rings is 1. The van der Waals surface area contributed by atoms with Gasteiger partial charge in [0.25, 0.3) is 15.7 Å². The third-order valence-corrected chi connectivity index (χ3v) is 6.45. The van der Waals surface area contributed by atoms with Gasteiger partial charge in [0, 0.05) is 19.2 Å². The van der Waals surface area contributed by atoms with Gasteiger partial charge in [-0.15, -0.1) is 12.4 Å². The van der Waals surface area contributed by atoms with Crippen molar-refractivity contribution in [2.45, 2.75) is 4.90 Å². The van der Waals surface area contributed by atoms with Crippen molar-refractivity contribution in [3.05, 3.63) is 33.3 Å². The molecule has 0 aromatic heterocycles. The van der Waals surface area contributed by atoms with E-state index >= 15 is 0 Å². The van der Waals surface area contributed by atoms with Crippen LogP contribution in [0.3, 0.4) is 0 Å². The highest BCUT2D eigenvalue weighted by Crippen LogP contribution is 2.37. The highest BCUT2D eigenvalue weighted by atomic mass is 35.5. The normalized spacial score (nSPS) is 24.8. The predicted molar refractivity (Wildman–Crippen MR) is 84.0 cm³/mol. The predicted octanol–water partition coefficient (Wildman–Crippen LogP) is 1.51. The molecule has 2 fully saturated rings. The van der Waals surface area contributed by atoms with Gasteiger partial charge in [-0.05, 0) is 31.0 Å². The van der Waals surface area contributed by atoms with Gasteiger partial charge in [-0.3, -0.25) is 10.1 Å². The minimum atomic E-state index is -3.96. The number of hydrogen-bond acceptors (Lipinski definition) is 5. The summed E-state index contributed by atoms with van der Waals surface area (Å²) < 4.78 is 26.8. The van der Waals surface area contributed by atoms with Crippen molar-refractivity contribution in [1.82, 2.24) is 9.62 Å². The number of nitrogens with one attached hydrogen (secondary N) is 1. The molecule has 0 radical (unpaired) electrons. The van der Waals surface area contributed by atoms with Crippen molar-refractivity contribution < 1.29 is 13.3 Å². The van der Waals surface area contributed by atoms with E-state index in [-0.39, 0.29) is 29.3 Å². The fraction of sp³-hybridized carbons (Fsp3) is 0.500. The largest absolute Gasteiger partial charge is 0.316 e. The molecule has 1 aromatic carbocycles. The maximum Gasteiger partial charge on any atom is 0.290 e. The topological polar surface area (TPSA) is 92.5 Å². The second-order valence-electron chi connectivity index (χ2n) is 5.35. The van der Waals surface area contributed by atoms with Crippen LogP contribution in [-0.2, 0) is 10.0 Å². The molecule has 122 valence electrons. The summed E-state index contributed by atoms with van der Waals surface area (Å²) in [6.45, 7) is 2.31. The molecule has 7 nitrogen and oxygen atoms in total. The van der Waals surface area contributed by atoms with Crippen LogP contribution in [-0.4, -0.2) is 43.8 Å². The summed E-state index contributed by atoms with van der Waals surface area (Å²) in [7, 11) is -3.96. The number of nitro benzene ring substituents is 1. The minimum Gasteiger partial charge on any atom is -0.316 e. The molecule has 0 aliphatic carbocycles. The summed E-state index contributed by atoms with van der Waals surface area (Å²) in [5, 5.41) is 14.2. The number of nitrogens with zero attached hydrogens (tertiary/aromatic N) is 2. The smallest absolute Gasteiger partial charge is 0.290 e. The van der Waals surface area contributed by atoms with E-state index in [0.29, 0.717) is 13.1 Å². The Morgan fingerprint density at radius 1 is 1.27 bits per heavy atom. The number of rotatable bonds is 3. The standard InChI is InChI=1S/C12H14ClN3O4S.ClH/c13-10-2-1-3-11(16(17)18)12(10)21(19,20)15-6-8-4-14-5-9(8)7-15;/h1-3,8-9,14H,4-7H2;1H/t8-,9+;. The zero-order valence-electron chi connectivity index (χ0n) is 11.4. The van der Waals surface area contributed by atoms with E-state index in [2.05, 4.69) is 5.32 Å². The van der Waals surface area contributed by atoms with E-state index in [4.69, 9.17) is 11.6 Å². The van der Waals surface area contributed by atoms with Crippen molar-refractivity contribution in [3.8, 4) is 0 Å². The van der Waals surface area contributed by atoms with Crippen LogP contribution in [0.4, 0.5) is 5.69 Å². The number of halogens is 2. The van der Waals surface area contributed by atoms with Gasteiger partial charge in [0.15, 0.2) is 4.90 Å². The van der Waals surface area contributed by atoms with E-state index in [0.717, 1.165) is 19.2 Å². The van der Waals surface area contributed by atoms with Crippen LogP contribution < -0.4 is 5.32 Å². The fourth-order valence-electron chi connectivity index (χ4n) is 3.03. The molecule has 2 atom stereocenters. The van der Waals surface area contributed by atoms with Gasteiger partial charge in [-0.2, -0.15) is 4.31 Å². The van der Waals surface area contributed by atoms with Gasteiger partial charge in [0.2, 0.25) is 0 Å². The van der Waals surface area contributed by atoms with Crippen molar-refractivity contribution in [2.24, 2.45) is 11.8 Å². The molecule has 0 unspecified atom stereocenters. The lowest BCUT2D eigenvalue weighted by atomic mass is 10.0. The Hall–Kier alpha value is -0.930. The summed E-state index contributed by atoms with van der Waals surface area (Å²) in [6.07, 6.45) is 0. The van der Waals surface area contributed by atoms with E-state index in [1.54, 1.807) is 0 Å². The van der Waals surface area contributed by atoms with Crippen LogP contribution in [0.5, 0.6) is 0 Å². The molecular formula is C12H15Cl2N3O4S. The van der Waals surface area contributed by atoms with Crippen LogP contribution in [0.15, 0.2) is 23.1 Å². The third-order valence-electron chi connectivity index (χ3n) is 4.10. The number of fused-ring (bicyclic) bond motifs is 1. The third kappa shape index (κ3) is 2.81. The molecule has 1 aromatic rings. The Balaban J connectivity index is 0.00000176. The van der Waals surface area contributed by atoms with E-state index in [1.165, 1.54) is 16.4 Å². The maximum absolute atomic E-state index is 12.7. The highest BCUT2D eigenvalue weighted by molar-refractivity contribution is 7.89. The van der Waals surface area contributed by atoms with Crippen molar-refractivity contribution in [2.75, 3.05) is 26.2 Å². The summed E-state index contributed by atoms with van der Waals surface area (Å²) in [4.78, 5) is 9.98. The molecule has 0 amide bonds. The van der Waals surface area contributed by atoms with Gasteiger partial charge in [-0.25, -0.2) is 8.42 Å². The van der Waals surface area contributed by atoms with Crippen LogP contribution >= 0.6 is 24.0 Å². The lowest BCUT2D eigenvalue weighted by Crippen LogP contribution is -2.32. The summed E-state index contributed by atoms with van der Waals surface area (Å²) >= 11 is 5.93. The first-order valence-corrected chi connectivity index (χ1v) is 8.37. The molecule has 2 heterocycles. The number of nitro groups is 1. The van der Waals surface area contributed by atoms with Crippen molar-refractivity contribution >= 4 is 39.7 Å². The summed E-state index contributed by atoms with van der Waals surface area (Å²) in [5.41, 5.74) is -0.474. The monoisotopic (exact) mass is 367 g/mol. The Kier molecular flexibility index (Phi) is 4.98. The summed E-state index contributed by atoms with van der Waals surface area (Å²) in [5.74, 6) is 0.530. The zero-order valence-corrected chi connectivity index (χ0v) is 13.8. The Labute approximate surface area is 139 Å². The fourth-order valence-corrected chi connectivity index (χ4v) is 5.25. The van der Waals surface area contributed by atoms with Crippen molar-refractivity contribution in [1.29, 1.82) is 0 Å². The van der Waals surface area contributed by atoms with Gasteiger partial charge in [0.05, 0.1) is 9.95 Å². The molecule has 2 aliphatic heterocycles. The van der Waals surface area contributed by atoms with E-state index in [9.17, 15) is 18.5 Å². The lowest BCUT2D eigenvalue weighted by Gasteiger charge is -2.18. The molecule has 0 saturated carbocycles. The van der Waals surface area contributed by atoms with Crippen LogP contribution in [0.2, 0.25) is 5.02 Å². The molecule has 2 saturated heterocycles. The molecular weight excluding hydrogens is 353 g/mol. The molecule has 10 heteroatoms. The van der Waals surface area contributed by atoms with Crippen molar-refractivity contribution in [3.63, 3.8) is 0 Å². The van der Waals surface area contributed by atoms with Gasteiger partial charge in [0.1, 0.15) is 0 Å². The molecule has 0 bridgehead atoms. The molecule has 0 spiro atoms. The van der Waals surface area contributed by atoms with Gasteiger partial charge in [-0.1, -0.05) is 17.7 Å². The zero-order chi connectivity index (χ0) is 15.2. The van der Waals surface area contributed by atoms with Crippen LogP contribution in [0, 0.1) is 22.0 Å². The Bertz CT molecular complexity index is 686. The average molecular weight is 368 g/mol. The van der Waals surface area contributed by atoms with Crippen LogP contribution in [0.25, 0.3) is 0 Å². The maximum atomic E-state index is 12.7. The first kappa shape index (κ1) is 17.4. The molecule has 2 aliphatic rings. The Morgan fingerprint density at radius 3 is 2.41 bits per heavy atom. The molecule has 3 rings (SSSR count). The first-order chi connectivity index (χ1) is 9.91. The summed E-state index contributed by atoms with van der Waals surface area (Å²) in [6, 6.07) is 3.90. The quantitative estimate of drug-likeness (QED) is 0.645. The Morgan fingerprint density at radius 2 is 1.86 bits per heavy atom. The number of hydrogen-bond donors (Lipinski definition) is 1. The lowest BCUT2D eigenvalue weighted by molar-refractivity contribution is -0.387. The van der Waals surface area contributed by atoms with Crippen LogP contribution in [0.1, 0.15) is 0 Å². The second kappa shape index (κ2) is 6.29. The first-order valence-electron chi connectivity index (χ1n) is 6.55. The molecule has 22 heavy (non-hydrogen) atoms. The second-order valence-corrected chi connectivity index (χ2v) is 7.63. The van der Waals surface area contributed by atoms with Gasteiger partial charge >= 0.3 is 0 Å².